The molecule has 0 fully saturated rings. The number of aromatic nitrogens is 3. The van der Waals surface area contributed by atoms with Crippen LogP contribution in [0.1, 0.15) is 33.1 Å². The van der Waals surface area contributed by atoms with Crippen LogP contribution in [0, 0.1) is 19.7 Å². The average Bonchev–Trinajstić information content (AvgIpc) is 3.17. The number of amides is 1. The summed E-state index contributed by atoms with van der Waals surface area (Å²) in [4.78, 5) is 27.7. The van der Waals surface area contributed by atoms with Gasteiger partial charge in [0.1, 0.15) is 18.2 Å². The summed E-state index contributed by atoms with van der Waals surface area (Å²) in [6.45, 7) is 4.17. The van der Waals surface area contributed by atoms with E-state index >= 15 is 0 Å². The summed E-state index contributed by atoms with van der Waals surface area (Å²) in [6.07, 6.45) is 3.30. The molecule has 0 saturated carbocycles. The molecule has 0 spiro atoms. The number of aryl methyl sites for hydroxylation is 2. The summed E-state index contributed by atoms with van der Waals surface area (Å²) in [5.74, 6) is -0.223. The first-order valence-electron chi connectivity index (χ1n) is 9.92. The lowest BCUT2D eigenvalue weighted by molar-refractivity contribution is 0.0794. The first-order valence-corrected chi connectivity index (χ1v) is 10.3. The van der Waals surface area contributed by atoms with Crippen molar-refractivity contribution in [2.24, 2.45) is 5.73 Å². The highest BCUT2D eigenvalue weighted by atomic mass is 35.5. The van der Waals surface area contributed by atoms with Crippen LogP contribution in [0.3, 0.4) is 0 Å². The molecule has 2 aromatic heterocycles. The molecule has 0 radical (unpaired) electrons. The maximum Gasteiger partial charge on any atom is 0.258 e. The van der Waals surface area contributed by atoms with Crippen LogP contribution in [-0.2, 0) is 6.61 Å². The Labute approximate surface area is 189 Å². The molecule has 3 heterocycles. The molecule has 0 atom stereocenters. The van der Waals surface area contributed by atoms with Gasteiger partial charge < -0.3 is 15.4 Å². The predicted octanol–water partition coefficient (Wildman–Crippen LogP) is 3.69. The molecule has 164 valence electrons. The Hall–Kier alpha value is -3.52. The SMILES string of the molecule is Cc1nc(C2=C(N)CN(C(=O)c3ccc(F)cc3OCc3cccnc3)C2)nc(C)c1Cl. The van der Waals surface area contributed by atoms with Crippen molar-refractivity contribution in [3.05, 3.63) is 87.6 Å². The van der Waals surface area contributed by atoms with Gasteiger partial charge in [0, 0.05) is 35.3 Å². The number of carbonyl (C=O) groups excluding carboxylic acids is 1. The molecule has 2 N–H and O–H groups in total. The van der Waals surface area contributed by atoms with Crippen LogP contribution >= 0.6 is 11.6 Å². The second-order valence-corrected chi connectivity index (χ2v) is 7.87. The molecule has 3 aromatic rings. The van der Waals surface area contributed by atoms with Crippen molar-refractivity contribution in [1.82, 2.24) is 19.9 Å². The summed E-state index contributed by atoms with van der Waals surface area (Å²) >= 11 is 6.17. The first-order chi connectivity index (χ1) is 15.3. The standard InChI is InChI=1S/C23H21ClFN5O2/c1-13-21(24)14(2)29-22(28-13)18-10-30(11-19(18)26)23(31)17-6-5-16(25)8-20(17)32-12-15-4-3-7-27-9-15/h3-9H,10-12,26H2,1-2H3. The van der Waals surface area contributed by atoms with Gasteiger partial charge in [-0.3, -0.25) is 9.78 Å². The number of benzene rings is 1. The largest absolute Gasteiger partial charge is 0.488 e. The van der Waals surface area contributed by atoms with Crippen LogP contribution in [0.5, 0.6) is 5.75 Å². The normalized spacial score (nSPS) is 13.6. The Kier molecular flexibility index (Phi) is 6.05. The number of nitrogens with two attached hydrogens (primary N) is 1. The van der Waals surface area contributed by atoms with Crippen molar-refractivity contribution in [2.75, 3.05) is 13.1 Å². The summed E-state index contributed by atoms with van der Waals surface area (Å²) in [5, 5.41) is 0.501. The quantitative estimate of drug-likeness (QED) is 0.633. The zero-order chi connectivity index (χ0) is 22.8. The summed E-state index contributed by atoms with van der Waals surface area (Å²) in [7, 11) is 0. The van der Waals surface area contributed by atoms with E-state index in [2.05, 4.69) is 15.0 Å². The molecule has 1 aliphatic heterocycles. The van der Waals surface area contributed by atoms with Gasteiger partial charge in [-0.2, -0.15) is 0 Å². The molecule has 1 aromatic carbocycles. The highest BCUT2D eigenvalue weighted by Gasteiger charge is 2.29. The van der Waals surface area contributed by atoms with Crippen molar-refractivity contribution >= 4 is 23.1 Å². The van der Waals surface area contributed by atoms with Crippen molar-refractivity contribution in [1.29, 1.82) is 0 Å². The minimum Gasteiger partial charge on any atom is -0.488 e. The van der Waals surface area contributed by atoms with E-state index in [0.29, 0.717) is 33.5 Å². The van der Waals surface area contributed by atoms with Crippen LogP contribution in [0.15, 0.2) is 48.4 Å². The highest BCUT2D eigenvalue weighted by molar-refractivity contribution is 6.31. The van der Waals surface area contributed by atoms with Crippen molar-refractivity contribution < 1.29 is 13.9 Å². The van der Waals surface area contributed by atoms with Gasteiger partial charge in [0.2, 0.25) is 0 Å². The van der Waals surface area contributed by atoms with Crippen LogP contribution in [0.4, 0.5) is 4.39 Å². The molecular formula is C23H21ClFN5O2. The van der Waals surface area contributed by atoms with Crippen LogP contribution < -0.4 is 10.5 Å². The number of nitrogens with zero attached hydrogens (tertiary/aromatic N) is 4. The molecule has 7 nitrogen and oxygen atoms in total. The van der Waals surface area contributed by atoms with E-state index in [4.69, 9.17) is 22.1 Å². The van der Waals surface area contributed by atoms with Crippen molar-refractivity contribution in [3.8, 4) is 5.75 Å². The van der Waals surface area contributed by atoms with Gasteiger partial charge >= 0.3 is 0 Å². The summed E-state index contributed by atoms with van der Waals surface area (Å²) in [6, 6.07) is 7.46. The fraction of sp³-hybridized carbons (Fsp3) is 0.217. The zero-order valence-electron chi connectivity index (χ0n) is 17.6. The second kappa shape index (κ2) is 8.92. The van der Waals surface area contributed by atoms with E-state index in [1.54, 1.807) is 37.2 Å². The topological polar surface area (TPSA) is 94.2 Å². The minimum atomic E-state index is -0.497. The number of carbonyl (C=O) groups is 1. The Morgan fingerprint density at radius 3 is 2.66 bits per heavy atom. The maximum atomic E-state index is 13.9. The van der Waals surface area contributed by atoms with Crippen LogP contribution in [0.25, 0.3) is 5.57 Å². The lowest BCUT2D eigenvalue weighted by Gasteiger charge is -2.19. The summed E-state index contributed by atoms with van der Waals surface area (Å²) in [5.41, 5.74) is 9.72. The third kappa shape index (κ3) is 4.40. The molecular weight excluding hydrogens is 433 g/mol. The van der Waals surface area contributed by atoms with Gasteiger partial charge in [0.15, 0.2) is 5.82 Å². The number of halogens is 2. The Morgan fingerprint density at radius 1 is 1.22 bits per heavy atom. The second-order valence-electron chi connectivity index (χ2n) is 7.49. The molecule has 32 heavy (non-hydrogen) atoms. The zero-order valence-corrected chi connectivity index (χ0v) is 18.4. The number of ether oxygens (including phenoxy) is 1. The monoisotopic (exact) mass is 453 g/mol. The molecule has 0 bridgehead atoms. The van der Waals surface area contributed by atoms with E-state index in [0.717, 1.165) is 5.56 Å². The van der Waals surface area contributed by atoms with Gasteiger partial charge in [-0.15, -0.1) is 0 Å². The van der Waals surface area contributed by atoms with Gasteiger partial charge in [0.25, 0.3) is 5.91 Å². The molecule has 1 amide bonds. The number of pyridine rings is 1. The third-order valence-electron chi connectivity index (χ3n) is 5.13. The molecule has 9 heteroatoms. The van der Waals surface area contributed by atoms with Gasteiger partial charge in [-0.25, -0.2) is 14.4 Å². The molecule has 4 rings (SSSR count). The van der Waals surface area contributed by atoms with Crippen LogP contribution in [0.2, 0.25) is 5.02 Å². The van der Waals surface area contributed by atoms with E-state index in [-0.39, 0.29) is 36.9 Å². The Bertz CT molecular complexity index is 1190. The van der Waals surface area contributed by atoms with Gasteiger partial charge in [-0.1, -0.05) is 17.7 Å². The van der Waals surface area contributed by atoms with E-state index in [1.807, 2.05) is 6.07 Å². The van der Waals surface area contributed by atoms with Crippen molar-refractivity contribution in [3.63, 3.8) is 0 Å². The minimum absolute atomic E-state index is 0.153. The molecule has 1 aliphatic rings. The third-order valence-corrected chi connectivity index (χ3v) is 5.68. The maximum absolute atomic E-state index is 13.9. The molecule has 0 aliphatic carbocycles. The van der Waals surface area contributed by atoms with E-state index < -0.39 is 5.82 Å². The fourth-order valence-electron chi connectivity index (χ4n) is 3.45. The fourth-order valence-corrected chi connectivity index (χ4v) is 3.54. The summed E-state index contributed by atoms with van der Waals surface area (Å²) < 4.78 is 19.7. The highest BCUT2D eigenvalue weighted by Crippen LogP contribution is 2.29. The van der Waals surface area contributed by atoms with Crippen molar-refractivity contribution in [2.45, 2.75) is 20.5 Å². The number of rotatable bonds is 5. The number of hydrogen-bond acceptors (Lipinski definition) is 6. The lowest BCUT2D eigenvalue weighted by atomic mass is 10.1. The predicted molar refractivity (Wildman–Crippen MR) is 118 cm³/mol. The van der Waals surface area contributed by atoms with E-state index in [1.165, 1.54) is 18.2 Å². The molecule has 0 unspecified atom stereocenters. The smallest absolute Gasteiger partial charge is 0.258 e. The Balaban J connectivity index is 1.55. The van der Waals surface area contributed by atoms with Gasteiger partial charge in [0.05, 0.1) is 35.1 Å². The Morgan fingerprint density at radius 2 is 1.97 bits per heavy atom. The average molecular weight is 454 g/mol. The first kappa shape index (κ1) is 21.7. The lowest BCUT2D eigenvalue weighted by Crippen LogP contribution is -2.30. The molecule has 0 saturated heterocycles. The van der Waals surface area contributed by atoms with Crippen LogP contribution in [-0.4, -0.2) is 38.8 Å². The van der Waals surface area contributed by atoms with E-state index in [9.17, 15) is 9.18 Å². The van der Waals surface area contributed by atoms with Gasteiger partial charge in [-0.05, 0) is 32.0 Å². The number of hydrogen-bond donors (Lipinski definition) is 1.